The first-order valence-electron chi connectivity index (χ1n) is 8.71. The SMILES string of the molecule is O=C(CN1C(=O)NC(c2ccc(Cl)cc2)C2=C1COC2=O)Nc1cccc(F)c1. The third-order valence-electron chi connectivity index (χ3n) is 4.61. The van der Waals surface area contributed by atoms with E-state index in [1.54, 1.807) is 24.3 Å². The highest BCUT2D eigenvalue weighted by molar-refractivity contribution is 6.30. The predicted octanol–water partition coefficient (Wildman–Crippen LogP) is 3.00. The van der Waals surface area contributed by atoms with Gasteiger partial charge >= 0.3 is 12.0 Å². The van der Waals surface area contributed by atoms with Crippen LogP contribution in [0.3, 0.4) is 0 Å². The Kier molecular flexibility index (Phi) is 4.94. The fourth-order valence-corrected chi connectivity index (χ4v) is 3.42. The summed E-state index contributed by atoms with van der Waals surface area (Å²) in [4.78, 5) is 38.5. The van der Waals surface area contributed by atoms with Crippen LogP contribution in [0.1, 0.15) is 11.6 Å². The molecule has 0 aromatic heterocycles. The molecule has 0 saturated carbocycles. The van der Waals surface area contributed by atoms with E-state index in [0.29, 0.717) is 16.3 Å². The zero-order chi connectivity index (χ0) is 20.5. The molecule has 2 aromatic rings. The number of nitrogens with one attached hydrogen (secondary N) is 2. The van der Waals surface area contributed by atoms with E-state index < -0.39 is 29.8 Å². The Balaban J connectivity index is 1.59. The number of carbonyl (C=O) groups excluding carboxylic acids is 3. The van der Waals surface area contributed by atoms with Crippen molar-refractivity contribution in [2.24, 2.45) is 0 Å². The zero-order valence-electron chi connectivity index (χ0n) is 14.9. The second-order valence-electron chi connectivity index (χ2n) is 6.52. The summed E-state index contributed by atoms with van der Waals surface area (Å²) in [6, 6.07) is 10.9. The van der Waals surface area contributed by atoms with Gasteiger partial charge in [-0.2, -0.15) is 0 Å². The number of urea groups is 1. The van der Waals surface area contributed by atoms with Crippen LogP contribution in [0.5, 0.6) is 0 Å². The molecule has 4 rings (SSSR count). The molecule has 9 heteroatoms. The summed E-state index contributed by atoms with van der Waals surface area (Å²) < 4.78 is 18.4. The van der Waals surface area contributed by atoms with Gasteiger partial charge in [0, 0.05) is 10.7 Å². The lowest BCUT2D eigenvalue weighted by Gasteiger charge is -2.32. The summed E-state index contributed by atoms with van der Waals surface area (Å²) in [6.07, 6.45) is 0. The largest absolute Gasteiger partial charge is 0.456 e. The molecule has 0 aliphatic carbocycles. The van der Waals surface area contributed by atoms with E-state index in [0.717, 1.165) is 11.0 Å². The number of ether oxygens (including phenoxy) is 1. The third kappa shape index (κ3) is 3.79. The highest BCUT2D eigenvalue weighted by Crippen LogP contribution is 2.35. The molecule has 0 bridgehead atoms. The number of rotatable bonds is 4. The minimum absolute atomic E-state index is 0.112. The van der Waals surface area contributed by atoms with Crippen molar-refractivity contribution in [1.29, 1.82) is 0 Å². The minimum Gasteiger partial charge on any atom is -0.456 e. The van der Waals surface area contributed by atoms with E-state index in [1.807, 2.05) is 0 Å². The van der Waals surface area contributed by atoms with Gasteiger partial charge in [-0.05, 0) is 35.9 Å². The molecule has 2 aliphatic rings. The lowest BCUT2D eigenvalue weighted by Crippen LogP contribution is -2.49. The maximum Gasteiger partial charge on any atom is 0.338 e. The average molecular weight is 416 g/mol. The van der Waals surface area contributed by atoms with Crippen molar-refractivity contribution in [2.45, 2.75) is 6.04 Å². The molecule has 148 valence electrons. The molecule has 1 atom stereocenters. The molecule has 29 heavy (non-hydrogen) atoms. The van der Waals surface area contributed by atoms with Crippen LogP contribution in [-0.2, 0) is 14.3 Å². The first kappa shape index (κ1) is 18.9. The molecule has 2 N–H and O–H groups in total. The summed E-state index contributed by atoms with van der Waals surface area (Å²) in [6.45, 7) is -0.468. The van der Waals surface area contributed by atoms with E-state index in [9.17, 15) is 18.8 Å². The highest BCUT2D eigenvalue weighted by Gasteiger charge is 2.42. The maximum absolute atomic E-state index is 13.3. The Hall–Kier alpha value is -3.39. The molecule has 0 saturated heterocycles. The van der Waals surface area contributed by atoms with Crippen molar-refractivity contribution in [3.63, 3.8) is 0 Å². The van der Waals surface area contributed by atoms with E-state index in [-0.39, 0.29) is 24.4 Å². The van der Waals surface area contributed by atoms with Gasteiger partial charge in [-0.3, -0.25) is 9.69 Å². The number of amides is 3. The maximum atomic E-state index is 13.3. The number of hydrogen-bond acceptors (Lipinski definition) is 4. The Morgan fingerprint density at radius 3 is 2.72 bits per heavy atom. The summed E-state index contributed by atoms with van der Waals surface area (Å²) >= 11 is 5.91. The second kappa shape index (κ2) is 7.56. The van der Waals surface area contributed by atoms with Gasteiger partial charge in [-0.1, -0.05) is 29.8 Å². The van der Waals surface area contributed by atoms with Crippen molar-refractivity contribution in [1.82, 2.24) is 10.2 Å². The summed E-state index contributed by atoms with van der Waals surface area (Å²) in [7, 11) is 0. The van der Waals surface area contributed by atoms with Gasteiger partial charge in [-0.25, -0.2) is 14.0 Å². The molecule has 0 fully saturated rings. The number of anilines is 1. The molecular formula is C20H15ClFN3O4. The van der Waals surface area contributed by atoms with Gasteiger partial charge in [0.15, 0.2) is 0 Å². The molecule has 2 aliphatic heterocycles. The Morgan fingerprint density at radius 2 is 2.00 bits per heavy atom. The number of halogens is 2. The van der Waals surface area contributed by atoms with Crippen molar-refractivity contribution in [2.75, 3.05) is 18.5 Å². The van der Waals surface area contributed by atoms with Crippen LogP contribution in [0.4, 0.5) is 14.9 Å². The molecule has 7 nitrogen and oxygen atoms in total. The fraction of sp³-hybridized carbons (Fsp3) is 0.150. The Bertz CT molecular complexity index is 1040. The molecule has 3 amide bonds. The van der Waals surface area contributed by atoms with Crippen LogP contribution in [0, 0.1) is 5.82 Å². The Labute approximate surface area is 170 Å². The minimum atomic E-state index is -0.702. The van der Waals surface area contributed by atoms with Gasteiger partial charge in [0.2, 0.25) is 5.91 Å². The average Bonchev–Trinajstić information content (AvgIpc) is 3.06. The van der Waals surface area contributed by atoms with E-state index in [4.69, 9.17) is 16.3 Å². The summed E-state index contributed by atoms with van der Waals surface area (Å²) in [5, 5.41) is 5.78. The standard InChI is InChI=1S/C20H15ClFN3O4/c21-12-6-4-11(5-7-12)18-17-15(10-29-19(17)27)25(20(28)24-18)9-16(26)23-14-3-1-2-13(22)8-14/h1-8,18H,9-10H2,(H,23,26)(H,24,28). The van der Waals surface area contributed by atoms with Gasteiger partial charge in [-0.15, -0.1) is 0 Å². The Morgan fingerprint density at radius 1 is 1.24 bits per heavy atom. The second-order valence-corrected chi connectivity index (χ2v) is 6.95. The monoisotopic (exact) mass is 415 g/mol. The molecule has 2 heterocycles. The topological polar surface area (TPSA) is 87.7 Å². The number of nitrogens with zero attached hydrogens (tertiary/aromatic N) is 1. The van der Waals surface area contributed by atoms with Gasteiger partial charge in [0.1, 0.15) is 19.0 Å². The lowest BCUT2D eigenvalue weighted by molar-refractivity contribution is -0.136. The number of cyclic esters (lactones) is 1. The molecule has 0 radical (unpaired) electrons. The van der Waals surface area contributed by atoms with Crippen LogP contribution >= 0.6 is 11.6 Å². The van der Waals surface area contributed by atoms with Gasteiger partial charge in [0.25, 0.3) is 0 Å². The van der Waals surface area contributed by atoms with Crippen LogP contribution < -0.4 is 10.6 Å². The number of esters is 1. The van der Waals surface area contributed by atoms with E-state index in [1.165, 1.54) is 18.2 Å². The van der Waals surface area contributed by atoms with Crippen LogP contribution in [0.15, 0.2) is 59.8 Å². The fourth-order valence-electron chi connectivity index (χ4n) is 3.29. The molecule has 0 spiro atoms. The zero-order valence-corrected chi connectivity index (χ0v) is 15.7. The molecule has 1 unspecified atom stereocenters. The summed E-state index contributed by atoms with van der Waals surface area (Å²) in [5.74, 6) is -1.60. The molecule has 2 aromatic carbocycles. The van der Waals surface area contributed by atoms with Gasteiger partial charge in [0.05, 0.1) is 17.3 Å². The number of carbonyl (C=O) groups is 3. The van der Waals surface area contributed by atoms with Crippen molar-refractivity contribution in [3.8, 4) is 0 Å². The van der Waals surface area contributed by atoms with E-state index >= 15 is 0 Å². The normalized spacial score (nSPS) is 18.3. The van der Waals surface area contributed by atoms with Crippen molar-refractivity contribution >= 4 is 35.2 Å². The van der Waals surface area contributed by atoms with Crippen LogP contribution in [0.25, 0.3) is 0 Å². The highest BCUT2D eigenvalue weighted by atomic mass is 35.5. The third-order valence-corrected chi connectivity index (χ3v) is 4.86. The lowest BCUT2D eigenvalue weighted by atomic mass is 9.96. The molecular weight excluding hydrogens is 401 g/mol. The smallest absolute Gasteiger partial charge is 0.338 e. The van der Waals surface area contributed by atoms with E-state index in [2.05, 4.69) is 10.6 Å². The van der Waals surface area contributed by atoms with Gasteiger partial charge < -0.3 is 15.4 Å². The quantitative estimate of drug-likeness (QED) is 0.751. The first-order valence-corrected chi connectivity index (χ1v) is 9.09. The predicted molar refractivity (Wildman–Crippen MR) is 102 cm³/mol. The first-order chi connectivity index (χ1) is 13.9. The number of hydrogen-bond donors (Lipinski definition) is 2. The van der Waals surface area contributed by atoms with Crippen molar-refractivity contribution in [3.05, 3.63) is 76.2 Å². The van der Waals surface area contributed by atoms with Crippen LogP contribution in [-0.4, -0.2) is 36.0 Å². The summed E-state index contributed by atoms with van der Waals surface area (Å²) in [5.41, 5.74) is 1.52. The number of benzene rings is 2. The van der Waals surface area contributed by atoms with Crippen molar-refractivity contribution < 1.29 is 23.5 Å². The van der Waals surface area contributed by atoms with Crippen LogP contribution in [0.2, 0.25) is 5.02 Å².